The Balaban J connectivity index is 1.69. The van der Waals surface area contributed by atoms with Crippen LogP contribution in [0, 0.1) is 0 Å². The van der Waals surface area contributed by atoms with Crippen LogP contribution in [0.1, 0.15) is 15.9 Å². The first kappa shape index (κ1) is 14.6. The molecule has 3 rings (SSSR count). The highest BCUT2D eigenvalue weighted by Crippen LogP contribution is 2.19. The molecule has 5 nitrogen and oxygen atoms in total. The van der Waals surface area contributed by atoms with Crippen molar-refractivity contribution >= 4 is 38.9 Å². The third-order valence-corrected chi connectivity index (χ3v) is 3.77. The molecule has 0 spiro atoms. The van der Waals surface area contributed by atoms with E-state index in [9.17, 15) is 4.79 Å². The zero-order valence-electron chi connectivity index (χ0n) is 11.9. The van der Waals surface area contributed by atoms with Crippen molar-refractivity contribution in [3.05, 3.63) is 58.1 Å². The molecule has 0 unspecified atom stereocenters. The number of rotatable bonds is 4. The summed E-state index contributed by atoms with van der Waals surface area (Å²) in [6, 6.07) is 13.2. The fourth-order valence-electron chi connectivity index (χ4n) is 2.13. The third kappa shape index (κ3) is 3.12. The third-order valence-electron chi connectivity index (χ3n) is 3.28. The van der Waals surface area contributed by atoms with Gasteiger partial charge in [0.2, 0.25) is 5.95 Å². The molecule has 0 aliphatic rings. The average molecular weight is 360 g/mol. The van der Waals surface area contributed by atoms with E-state index in [0.29, 0.717) is 18.1 Å². The SMILES string of the molecule is COC(=O)c1ccc(CNc2nc3ccc(Br)cc3[nH]2)cc1. The molecule has 0 radical (unpaired) electrons. The monoisotopic (exact) mass is 359 g/mol. The molecule has 112 valence electrons. The van der Waals surface area contributed by atoms with Crippen LogP contribution in [-0.2, 0) is 11.3 Å². The van der Waals surface area contributed by atoms with Crippen LogP contribution >= 0.6 is 15.9 Å². The van der Waals surface area contributed by atoms with E-state index >= 15 is 0 Å². The highest BCUT2D eigenvalue weighted by Gasteiger charge is 2.05. The molecule has 6 heteroatoms. The fourth-order valence-corrected chi connectivity index (χ4v) is 2.49. The number of methoxy groups -OCH3 is 1. The summed E-state index contributed by atoms with van der Waals surface area (Å²) in [5, 5.41) is 3.23. The lowest BCUT2D eigenvalue weighted by Gasteiger charge is -2.04. The Morgan fingerprint density at radius 3 is 2.77 bits per heavy atom. The maximum absolute atomic E-state index is 11.4. The molecule has 0 atom stereocenters. The van der Waals surface area contributed by atoms with Crippen molar-refractivity contribution in [1.82, 2.24) is 9.97 Å². The number of benzene rings is 2. The van der Waals surface area contributed by atoms with E-state index in [4.69, 9.17) is 0 Å². The number of fused-ring (bicyclic) bond motifs is 1. The van der Waals surface area contributed by atoms with E-state index in [0.717, 1.165) is 21.1 Å². The molecule has 0 aliphatic carbocycles. The largest absolute Gasteiger partial charge is 0.465 e. The van der Waals surface area contributed by atoms with E-state index in [1.807, 2.05) is 30.3 Å². The van der Waals surface area contributed by atoms with Gasteiger partial charge in [0.25, 0.3) is 0 Å². The summed E-state index contributed by atoms with van der Waals surface area (Å²) in [7, 11) is 1.37. The maximum atomic E-state index is 11.4. The summed E-state index contributed by atoms with van der Waals surface area (Å²) < 4.78 is 5.68. The van der Waals surface area contributed by atoms with Crippen LogP contribution in [0.2, 0.25) is 0 Å². The first-order valence-electron chi connectivity index (χ1n) is 6.72. The van der Waals surface area contributed by atoms with Crippen LogP contribution in [0.3, 0.4) is 0 Å². The Bertz CT molecular complexity index is 812. The lowest BCUT2D eigenvalue weighted by atomic mass is 10.1. The maximum Gasteiger partial charge on any atom is 0.337 e. The molecule has 1 heterocycles. The topological polar surface area (TPSA) is 67.0 Å². The first-order valence-corrected chi connectivity index (χ1v) is 7.51. The number of nitrogens with zero attached hydrogens (tertiary/aromatic N) is 1. The Hall–Kier alpha value is -2.34. The lowest BCUT2D eigenvalue weighted by Crippen LogP contribution is -2.03. The highest BCUT2D eigenvalue weighted by atomic mass is 79.9. The Morgan fingerprint density at radius 1 is 1.27 bits per heavy atom. The van der Waals surface area contributed by atoms with Crippen molar-refractivity contribution in [3.8, 4) is 0 Å². The molecule has 0 bridgehead atoms. The molecule has 2 aromatic carbocycles. The zero-order valence-corrected chi connectivity index (χ0v) is 13.5. The second-order valence-electron chi connectivity index (χ2n) is 4.79. The van der Waals surface area contributed by atoms with Gasteiger partial charge in [-0.1, -0.05) is 28.1 Å². The number of nitrogens with one attached hydrogen (secondary N) is 2. The van der Waals surface area contributed by atoms with Crippen LogP contribution in [-0.4, -0.2) is 23.0 Å². The van der Waals surface area contributed by atoms with Crippen molar-refractivity contribution in [2.24, 2.45) is 0 Å². The summed E-state index contributed by atoms with van der Waals surface area (Å²) in [5.74, 6) is 0.382. The molecule has 0 aliphatic heterocycles. The number of H-pyrrole nitrogens is 1. The van der Waals surface area contributed by atoms with Crippen molar-refractivity contribution in [1.29, 1.82) is 0 Å². The van der Waals surface area contributed by atoms with Crippen molar-refractivity contribution in [2.75, 3.05) is 12.4 Å². The van der Waals surface area contributed by atoms with Crippen LogP contribution in [0.5, 0.6) is 0 Å². The Labute approximate surface area is 135 Å². The zero-order chi connectivity index (χ0) is 15.5. The van der Waals surface area contributed by atoms with Gasteiger partial charge in [0.05, 0.1) is 23.7 Å². The van der Waals surface area contributed by atoms with E-state index in [2.05, 4.69) is 36.0 Å². The molecule has 1 aromatic heterocycles. The average Bonchev–Trinajstić information content (AvgIpc) is 2.94. The first-order chi connectivity index (χ1) is 10.7. The van der Waals surface area contributed by atoms with Gasteiger partial charge in [-0.05, 0) is 35.9 Å². The standard InChI is InChI=1S/C16H14BrN3O2/c1-22-15(21)11-4-2-10(3-5-11)9-18-16-19-13-7-6-12(17)8-14(13)20-16/h2-8H,9H2,1H3,(H2,18,19,20). The molecule has 0 saturated carbocycles. The number of imidazole rings is 1. The van der Waals surface area contributed by atoms with Gasteiger partial charge in [0, 0.05) is 11.0 Å². The van der Waals surface area contributed by atoms with E-state index in [-0.39, 0.29) is 5.97 Å². The van der Waals surface area contributed by atoms with Crippen LogP contribution in [0.4, 0.5) is 5.95 Å². The summed E-state index contributed by atoms with van der Waals surface area (Å²) >= 11 is 3.44. The van der Waals surface area contributed by atoms with Gasteiger partial charge in [0.1, 0.15) is 0 Å². The normalized spacial score (nSPS) is 10.6. The number of esters is 1. The van der Waals surface area contributed by atoms with Gasteiger partial charge >= 0.3 is 5.97 Å². The summed E-state index contributed by atoms with van der Waals surface area (Å²) in [6.07, 6.45) is 0. The minimum absolute atomic E-state index is 0.331. The summed E-state index contributed by atoms with van der Waals surface area (Å²) in [5.41, 5.74) is 3.47. The number of aromatic amines is 1. The smallest absolute Gasteiger partial charge is 0.337 e. The molecule has 2 N–H and O–H groups in total. The Morgan fingerprint density at radius 2 is 2.05 bits per heavy atom. The number of aromatic nitrogens is 2. The fraction of sp³-hybridized carbons (Fsp3) is 0.125. The molecular formula is C16H14BrN3O2. The molecule has 0 amide bonds. The van der Waals surface area contributed by atoms with E-state index in [1.165, 1.54) is 7.11 Å². The summed E-state index contributed by atoms with van der Waals surface area (Å²) in [6.45, 7) is 0.614. The molecule has 0 saturated heterocycles. The highest BCUT2D eigenvalue weighted by molar-refractivity contribution is 9.10. The number of carbonyl (C=O) groups is 1. The van der Waals surface area contributed by atoms with E-state index in [1.54, 1.807) is 12.1 Å². The predicted molar refractivity (Wildman–Crippen MR) is 88.9 cm³/mol. The second-order valence-corrected chi connectivity index (χ2v) is 5.70. The number of halogens is 1. The molecule has 0 fully saturated rings. The van der Waals surface area contributed by atoms with Gasteiger partial charge in [0.15, 0.2) is 0 Å². The molecular weight excluding hydrogens is 346 g/mol. The Kier molecular flexibility index (Phi) is 4.11. The molecule has 3 aromatic rings. The number of ether oxygens (including phenoxy) is 1. The number of anilines is 1. The van der Waals surface area contributed by atoms with Crippen molar-refractivity contribution < 1.29 is 9.53 Å². The number of hydrogen-bond donors (Lipinski definition) is 2. The van der Waals surface area contributed by atoms with Gasteiger partial charge in [-0.25, -0.2) is 9.78 Å². The van der Waals surface area contributed by atoms with Crippen LogP contribution in [0.25, 0.3) is 11.0 Å². The van der Waals surface area contributed by atoms with Gasteiger partial charge in [-0.2, -0.15) is 0 Å². The van der Waals surface area contributed by atoms with Crippen molar-refractivity contribution in [2.45, 2.75) is 6.54 Å². The van der Waals surface area contributed by atoms with Gasteiger partial charge in [-0.15, -0.1) is 0 Å². The van der Waals surface area contributed by atoms with Gasteiger partial charge < -0.3 is 15.0 Å². The number of hydrogen-bond acceptors (Lipinski definition) is 4. The van der Waals surface area contributed by atoms with E-state index < -0.39 is 0 Å². The van der Waals surface area contributed by atoms with Gasteiger partial charge in [-0.3, -0.25) is 0 Å². The lowest BCUT2D eigenvalue weighted by molar-refractivity contribution is 0.0600. The van der Waals surface area contributed by atoms with Crippen LogP contribution < -0.4 is 5.32 Å². The summed E-state index contributed by atoms with van der Waals surface area (Å²) in [4.78, 5) is 19.1. The quantitative estimate of drug-likeness (QED) is 0.696. The predicted octanol–water partition coefficient (Wildman–Crippen LogP) is 3.72. The van der Waals surface area contributed by atoms with Crippen molar-refractivity contribution in [3.63, 3.8) is 0 Å². The second kappa shape index (κ2) is 6.19. The van der Waals surface area contributed by atoms with Crippen LogP contribution in [0.15, 0.2) is 46.9 Å². The minimum atomic E-state index is -0.331. The number of carbonyl (C=O) groups excluding carboxylic acids is 1. The minimum Gasteiger partial charge on any atom is -0.465 e. The molecule has 22 heavy (non-hydrogen) atoms.